The van der Waals surface area contributed by atoms with Gasteiger partial charge in [-0.2, -0.15) is 0 Å². The Bertz CT molecular complexity index is 2970. The summed E-state index contributed by atoms with van der Waals surface area (Å²) in [4.78, 5) is 3.52. The quantitative estimate of drug-likeness (QED) is 0.0997. The van der Waals surface area contributed by atoms with Crippen LogP contribution in [0.2, 0.25) is 0 Å². The highest BCUT2D eigenvalue weighted by Gasteiger charge is 2.40. The topological polar surface area (TPSA) is 17.1 Å². The average Bonchev–Trinajstić information content (AvgIpc) is 3.30. The SMILES string of the molecule is C.Cc1ccc(-c2ccc([S+]3c4cc(F)c(F)cc4Sc4cc(F)c(F)cc43)cc2)cc1.Cc1ccc(-c2ccccc2)cc1.FB(F)F.O=S1c2cc(F)c(F)cc2Sc2cc(F)c(F)cc21.[F-]. The van der Waals surface area contributed by atoms with Crippen molar-refractivity contribution in [1.82, 2.24) is 0 Å². The van der Waals surface area contributed by atoms with Gasteiger partial charge in [0.2, 0.25) is 0 Å². The molecule has 0 amide bonds. The molecule has 0 bridgehead atoms. The van der Waals surface area contributed by atoms with Crippen molar-refractivity contribution in [3.8, 4) is 22.3 Å². The van der Waals surface area contributed by atoms with Gasteiger partial charge >= 0.3 is 7.54 Å². The zero-order valence-electron chi connectivity index (χ0n) is 35.1. The van der Waals surface area contributed by atoms with Crippen molar-refractivity contribution in [2.45, 2.75) is 65.3 Å². The van der Waals surface area contributed by atoms with Crippen LogP contribution in [-0.4, -0.2) is 11.8 Å². The maximum atomic E-state index is 14.1. The van der Waals surface area contributed by atoms with Crippen molar-refractivity contribution in [1.29, 1.82) is 0 Å². The Morgan fingerprint density at radius 3 is 1.09 bits per heavy atom. The Kier molecular flexibility index (Phi) is 18.6. The Morgan fingerprint density at radius 1 is 0.420 bits per heavy atom. The van der Waals surface area contributed by atoms with Gasteiger partial charge in [-0.05, 0) is 96.8 Å². The molecule has 0 unspecified atom stereocenters. The highest BCUT2D eigenvalue weighted by atomic mass is 32.2. The lowest BCUT2D eigenvalue weighted by atomic mass is 10.0. The lowest BCUT2D eigenvalue weighted by Gasteiger charge is -2.19. The summed E-state index contributed by atoms with van der Waals surface area (Å²) in [5.41, 5.74) is 7.10. The number of rotatable bonds is 3. The molecular formula is C51H35BF12OS4. The van der Waals surface area contributed by atoms with Crippen LogP contribution in [-0.2, 0) is 21.7 Å². The second kappa shape index (κ2) is 23.7. The van der Waals surface area contributed by atoms with Gasteiger partial charge < -0.3 is 4.70 Å². The molecule has 2 aliphatic rings. The summed E-state index contributed by atoms with van der Waals surface area (Å²) in [5, 5.41) is 0. The first-order valence-corrected chi connectivity index (χ1v) is 23.7. The number of hydrogen-bond donors (Lipinski definition) is 0. The molecule has 0 radical (unpaired) electrons. The molecule has 0 aromatic heterocycles. The van der Waals surface area contributed by atoms with Crippen LogP contribution in [0, 0.1) is 60.4 Å². The molecule has 8 aromatic carbocycles. The predicted molar refractivity (Wildman–Crippen MR) is 250 cm³/mol. The lowest BCUT2D eigenvalue weighted by molar-refractivity contribution is -0.0000213. The molecule has 10 rings (SSSR count). The van der Waals surface area contributed by atoms with E-state index >= 15 is 0 Å². The Hall–Kier alpha value is -5.82. The first-order chi connectivity index (χ1) is 32.0. The number of hydrogen-bond acceptors (Lipinski definition) is 3. The monoisotopic (exact) mass is 1030 g/mol. The van der Waals surface area contributed by atoms with E-state index in [0.717, 1.165) is 75.9 Å². The van der Waals surface area contributed by atoms with Gasteiger partial charge in [0.15, 0.2) is 61.2 Å². The van der Waals surface area contributed by atoms with Crippen LogP contribution >= 0.6 is 23.5 Å². The fourth-order valence-electron chi connectivity index (χ4n) is 6.60. The second-order valence-corrected chi connectivity index (χ2v) is 20.0. The van der Waals surface area contributed by atoms with Crippen LogP contribution in [0.25, 0.3) is 22.3 Å². The third-order valence-electron chi connectivity index (χ3n) is 9.86. The van der Waals surface area contributed by atoms with Gasteiger partial charge in [0.05, 0.1) is 30.4 Å². The summed E-state index contributed by atoms with van der Waals surface area (Å²) in [6.07, 6.45) is 0. The molecule has 356 valence electrons. The van der Waals surface area contributed by atoms with Gasteiger partial charge in [0.1, 0.15) is 10.9 Å². The van der Waals surface area contributed by atoms with Crippen molar-refractivity contribution in [2.24, 2.45) is 0 Å². The number of aryl methyl sites for hydroxylation is 2. The van der Waals surface area contributed by atoms with Crippen LogP contribution in [0.5, 0.6) is 0 Å². The van der Waals surface area contributed by atoms with E-state index in [0.29, 0.717) is 19.6 Å². The number of fused-ring (bicyclic) bond motifs is 4. The van der Waals surface area contributed by atoms with E-state index in [2.05, 4.69) is 55.5 Å². The van der Waals surface area contributed by atoms with Gasteiger partial charge in [-0.3, -0.25) is 12.9 Å². The van der Waals surface area contributed by atoms with E-state index in [1.165, 1.54) is 34.4 Å². The summed E-state index contributed by atoms with van der Waals surface area (Å²) in [7, 11) is -6.43. The van der Waals surface area contributed by atoms with Crippen LogP contribution in [0.4, 0.5) is 48.1 Å². The normalized spacial score (nSPS) is 12.0. The molecule has 2 aliphatic heterocycles. The molecular weight excluding hydrogens is 996 g/mol. The standard InChI is InChI=1S/C25H15F4S2.C13H12.C12H4F4OS2.CH4.BF3.FH/c1-14-2-4-15(5-3-14)16-6-8-17(9-7-16)31-24-12-20(28)18(26)10-22(24)30-23-11-19(27)21(29)13-25(23)31;1-11-7-9-13(10-8-11)12-5-3-2-4-6-12;13-5-1-9-11(3-7(5)15)19(17)12-4-8(16)6(14)2-10(12)18-9;;2-1(3)4;/h2-13H,1H3;2-10H,1H3;1-4H;1H4;;1H/q+1;;;;;/p-1. The summed E-state index contributed by atoms with van der Waals surface area (Å²) >= 11 is 2.05. The highest BCUT2D eigenvalue weighted by Crippen LogP contribution is 2.50. The molecule has 1 nitrogen and oxygen atoms in total. The molecule has 0 saturated heterocycles. The summed E-state index contributed by atoms with van der Waals surface area (Å²) in [6, 6.07) is 42.9. The van der Waals surface area contributed by atoms with E-state index in [1.807, 2.05) is 61.5 Å². The predicted octanol–water partition coefficient (Wildman–Crippen LogP) is 13.8. The summed E-state index contributed by atoms with van der Waals surface area (Å²) in [5.74, 6) is -8.24. The van der Waals surface area contributed by atoms with E-state index in [9.17, 15) is 52.3 Å². The van der Waals surface area contributed by atoms with Crippen molar-refractivity contribution in [2.75, 3.05) is 0 Å². The maximum absolute atomic E-state index is 14.1. The number of benzene rings is 8. The minimum Gasteiger partial charge on any atom is -1.00 e. The van der Waals surface area contributed by atoms with Gasteiger partial charge in [-0.1, -0.05) is 121 Å². The summed E-state index contributed by atoms with van der Waals surface area (Å²) < 4.78 is 150. The molecule has 18 heteroatoms. The molecule has 0 atom stereocenters. The van der Waals surface area contributed by atoms with Crippen LogP contribution in [0.1, 0.15) is 18.6 Å². The molecule has 2 heterocycles. The molecule has 8 aromatic rings. The molecule has 69 heavy (non-hydrogen) atoms. The zero-order valence-corrected chi connectivity index (χ0v) is 38.4. The Balaban J connectivity index is 0.000000199. The van der Waals surface area contributed by atoms with Gasteiger partial charge in [-0.25, -0.2) is 39.3 Å². The Morgan fingerprint density at radius 2 is 0.710 bits per heavy atom. The van der Waals surface area contributed by atoms with Crippen molar-refractivity contribution in [3.63, 3.8) is 0 Å². The molecule has 0 N–H and O–H groups in total. The first-order valence-electron chi connectivity index (χ1n) is 19.7. The molecule has 0 saturated carbocycles. The van der Waals surface area contributed by atoms with Gasteiger partial charge in [-0.15, -0.1) is 0 Å². The Labute approximate surface area is 404 Å². The van der Waals surface area contributed by atoms with Crippen LogP contribution < -0.4 is 4.70 Å². The first kappa shape index (κ1) is 54.1. The zero-order chi connectivity index (χ0) is 48.1. The summed E-state index contributed by atoms with van der Waals surface area (Å²) in [6.45, 7) is 4.13. The molecule has 0 spiro atoms. The van der Waals surface area contributed by atoms with Crippen LogP contribution in [0.3, 0.4) is 0 Å². The minimum atomic E-state index is -3.67. The number of halogens is 12. The highest BCUT2D eigenvalue weighted by molar-refractivity contribution is 8.04. The minimum absolute atomic E-state index is 0. The average molecular weight is 1030 g/mol. The molecule has 0 fully saturated rings. The van der Waals surface area contributed by atoms with Crippen LogP contribution in [0.15, 0.2) is 196 Å². The van der Waals surface area contributed by atoms with Crippen molar-refractivity contribution < 1.29 is 57.0 Å². The largest absolute Gasteiger partial charge is 1.00 e. The second-order valence-electron chi connectivity index (χ2n) is 14.5. The fourth-order valence-corrected chi connectivity index (χ4v) is 13.1. The van der Waals surface area contributed by atoms with Gasteiger partial charge in [0, 0.05) is 21.9 Å². The fraction of sp³-hybridized carbons (Fsp3) is 0.0588. The maximum Gasteiger partial charge on any atom is 0.762 e. The lowest BCUT2D eigenvalue weighted by Crippen LogP contribution is -3.00. The van der Waals surface area contributed by atoms with Crippen molar-refractivity contribution in [3.05, 3.63) is 209 Å². The third kappa shape index (κ3) is 12.9. The van der Waals surface area contributed by atoms with Crippen molar-refractivity contribution >= 4 is 52.8 Å². The third-order valence-corrected chi connectivity index (χ3v) is 16.4. The van der Waals surface area contributed by atoms with E-state index in [-0.39, 0.29) is 31.7 Å². The van der Waals surface area contributed by atoms with E-state index in [4.69, 9.17) is 0 Å². The smallest absolute Gasteiger partial charge is 0.762 e. The molecule has 0 aliphatic carbocycles. The van der Waals surface area contributed by atoms with Gasteiger partial charge in [0.25, 0.3) is 0 Å². The van der Waals surface area contributed by atoms with E-state index < -0.39 is 75.8 Å². The van der Waals surface area contributed by atoms with E-state index in [1.54, 1.807) is 0 Å².